The number of hydrogen-bond acceptors (Lipinski definition) is 4. The van der Waals surface area contributed by atoms with Gasteiger partial charge < -0.3 is 14.5 Å². The van der Waals surface area contributed by atoms with E-state index in [1.54, 1.807) is 16.7 Å². The molecular weight excluding hydrogens is 318 g/mol. The molecule has 0 bridgehead atoms. The first-order chi connectivity index (χ1) is 12.1. The summed E-state index contributed by atoms with van der Waals surface area (Å²) in [5.74, 6) is 0.0504. The van der Waals surface area contributed by atoms with E-state index in [1.165, 1.54) is 0 Å². The van der Waals surface area contributed by atoms with Gasteiger partial charge in [0.1, 0.15) is 0 Å². The van der Waals surface area contributed by atoms with E-state index >= 15 is 0 Å². The highest BCUT2D eigenvalue weighted by atomic mass is 16.6. The Labute approximate surface area is 147 Å². The molecule has 2 heterocycles. The molecule has 3 rings (SSSR count). The Hall–Kier alpha value is -2.63. The summed E-state index contributed by atoms with van der Waals surface area (Å²) in [6.45, 7) is 6.22. The second-order valence-corrected chi connectivity index (χ2v) is 6.19. The van der Waals surface area contributed by atoms with Gasteiger partial charge in [-0.2, -0.15) is 0 Å². The molecule has 0 radical (unpaired) electrons. The van der Waals surface area contributed by atoms with Crippen molar-refractivity contribution in [3.63, 3.8) is 0 Å². The number of ether oxygens (including phenoxy) is 1. The Balaban J connectivity index is 1.63. The quantitative estimate of drug-likeness (QED) is 0.860. The van der Waals surface area contributed by atoms with Crippen molar-refractivity contribution in [1.82, 2.24) is 14.8 Å². The van der Waals surface area contributed by atoms with Crippen LogP contribution in [0.5, 0.6) is 0 Å². The summed E-state index contributed by atoms with van der Waals surface area (Å²) in [5, 5.41) is 1.08. The third-order valence-electron chi connectivity index (χ3n) is 4.50. The summed E-state index contributed by atoms with van der Waals surface area (Å²) in [6.07, 6.45) is -0.0163. The lowest BCUT2D eigenvalue weighted by Crippen LogP contribution is -2.51. The number of nitrogens with zero attached hydrogens (tertiary/aromatic N) is 3. The Morgan fingerprint density at radius 3 is 2.52 bits per heavy atom. The maximum absolute atomic E-state index is 12.6. The van der Waals surface area contributed by atoms with E-state index in [1.807, 2.05) is 31.2 Å². The van der Waals surface area contributed by atoms with Crippen LogP contribution in [0.1, 0.15) is 18.2 Å². The van der Waals surface area contributed by atoms with Crippen molar-refractivity contribution in [2.45, 2.75) is 20.3 Å². The van der Waals surface area contributed by atoms with Crippen molar-refractivity contribution in [3.05, 3.63) is 41.6 Å². The lowest BCUT2D eigenvalue weighted by molar-refractivity contribution is -0.132. The highest BCUT2D eigenvalue weighted by Gasteiger charge is 2.25. The molecule has 1 saturated heterocycles. The minimum Gasteiger partial charge on any atom is -0.450 e. The minimum atomic E-state index is -0.304. The maximum Gasteiger partial charge on any atom is 0.409 e. The lowest BCUT2D eigenvalue weighted by Gasteiger charge is -2.34. The van der Waals surface area contributed by atoms with Gasteiger partial charge in [0.25, 0.3) is 0 Å². The molecule has 1 aliphatic heterocycles. The van der Waals surface area contributed by atoms with Crippen LogP contribution in [-0.2, 0) is 16.0 Å². The molecule has 0 spiro atoms. The molecule has 1 fully saturated rings. The van der Waals surface area contributed by atoms with Crippen LogP contribution in [-0.4, -0.2) is 59.6 Å². The fraction of sp³-hybridized carbons (Fsp3) is 0.421. The van der Waals surface area contributed by atoms with Crippen LogP contribution >= 0.6 is 0 Å². The van der Waals surface area contributed by atoms with E-state index in [4.69, 9.17) is 4.74 Å². The third-order valence-corrected chi connectivity index (χ3v) is 4.50. The predicted molar refractivity (Wildman–Crippen MR) is 95.4 cm³/mol. The Kier molecular flexibility index (Phi) is 5.16. The number of pyridine rings is 1. The minimum absolute atomic E-state index is 0.0504. The van der Waals surface area contributed by atoms with Gasteiger partial charge >= 0.3 is 6.09 Å². The van der Waals surface area contributed by atoms with Crippen molar-refractivity contribution >= 4 is 22.9 Å². The molecule has 2 amide bonds. The third kappa shape index (κ3) is 3.90. The number of hydrogen-bond donors (Lipinski definition) is 0. The molecule has 25 heavy (non-hydrogen) atoms. The van der Waals surface area contributed by atoms with Gasteiger partial charge in [0.2, 0.25) is 5.91 Å². The van der Waals surface area contributed by atoms with E-state index in [9.17, 15) is 9.59 Å². The molecule has 132 valence electrons. The second kappa shape index (κ2) is 7.51. The fourth-order valence-corrected chi connectivity index (χ4v) is 3.05. The topological polar surface area (TPSA) is 62.7 Å². The zero-order chi connectivity index (χ0) is 17.8. The van der Waals surface area contributed by atoms with E-state index in [0.717, 1.165) is 22.2 Å². The van der Waals surface area contributed by atoms with Gasteiger partial charge in [-0.05, 0) is 31.5 Å². The normalized spacial score (nSPS) is 14.6. The molecular formula is C19H23N3O3. The van der Waals surface area contributed by atoms with Crippen LogP contribution in [0.25, 0.3) is 10.9 Å². The van der Waals surface area contributed by atoms with Gasteiger partial charge in [-0.1, -0.05) is 18.2 Å². The number of aryl methyl sites for hydroxylation is 1. The number of carbonyl (C=O) groups excluding carboxylic acids is 2. The second-order valence-electron chi connectivity index (χ2n) is 6.19. The molecule has 0 unspecified atom stereocenters. The summed E-state index contributed by atoms with van der Waals surface area (Å²) in [5.41, 5.74) is 2.75. The van der Waals surface area contributed by atoms with Gasteiger partial charge in [-0.25, -0.2) is 4.79 Å². The average molecular weight is 341 g/mol. The SMILES string of the molecule is CCOC(=O)N1CCN(C(=O)Cc2nc3ccccc3cc2C)CC1. The average Bonchev–Trinajstić information content (AvgIpc) is 2.62. The first-order valence-corrected chi connectivity index (χ1v) is 8.63. The molecule has 1 aliphatic rings. The molecule has 0 aliphatic carbocycles. The van der Waals surface area contributed by atoms with Crippen molar-refractivity contribution in [3.8, 4) is 0 Å². The van der Waals surface area contributed by atoms with E-state index < -0.39 is 0 Å². The van der Waals surface area contributed by atoms with Gasteiger partial charge in [-0.15, -0.1) is 0 Å². The number of benzene rings is 1. The van der Waals surface area contributed by atoms with Gasteiger partial charge in [0.15, 0.2) is 0 Å². The first-order valence-electron chi connectivity index (χ1n) is 8.63. The molecule has 0 saturated carbocycles. The summed E-state index contributed by atoms with van der Waals surface area (Å²) in [7, 11) is 0. The van der Waals surface area contributed by atoms with Crippen LogP contribution < -0.4 is 0 Å². The highest BCUT2D eigenvalue weighted by molar-refractivity contribution is 5.83. The Morgan fingerprint density at radius 2 is 1.80 bits per heavy atom. The van der Waals surface area contributed by atoms with Crippen LogP contribution in [0.15, 0.2) is 30.3 Å². The number of aromatic nitrogens is 1. The van der Waals surface area contributed by atoms with Crippen molar-refractivity contribution in [1.29, 1.82) is 0 Å². The molecule has 6 heteroatoms. The summed E-state index contributed by atoms with van der Waals surface area (Å²) in [6, 6.07) is 9.99. The summed E-state index contributed by atoms with van der Waals surface area (Å²) in [4.78, 5) is 32.4. The van der Waals surface area contributed by atoms with Crippen molar-refractivity contribution in [2.24, 2.45) is 0 Å². The van der Waals surface area contributed by atoms with E-state index in [0.29, 0.717) is 32.8 Å². The molecule has 6 nitrogen and oxygen atoms in total. The number of rotatable bonds is 3. The van der Waals surface area contributed by atoms with Crippen LogP contribution in [0.3, 0.4) is 0 Å². The fourth-order valence-electron chi connectivity index (χ4n) is 3.05. The zero-order valence-corrected chi connectivity index (χ0v) is 14.7. The number of para-hydroxylation sites is 1. The molecule has 0 atom stereocenters. The predicted octanol–water partition coefficient (Wildman–Crippen LogP) is 2.39. The maximum atomic E-state index is 12.6. The monoisotopic (exact) mass is 341 g/mol. The van der Waals surface area contributed by atoms with E-state index in [2.05, 4.69) is 11.1 Å². The summed E-state index contributed by atoms with van der Waals surface area (Å²) >= 11 is 0. The van der Waals surface area contributed by atoms with Gasteiger partial charge in [0.05, 0.1) is 24.2 Å². The van der Waals surface area contributed by atoms with Crippen molar-refractivity contribution in [2.75, 3.05) is 32.8 Å². The van der Waals surface area contributed by atoms with E-state index in [-0.39, 0.29) is 18.4 Å². The standard InChI is InChI=1S/C19H23N3O3/c1-3-25-19(24)22-10-8-21(9-11-22)18(23)13-17-14(2)12-15-6-4-5-7-16(15)20-17/h4-7,12H,3,8-11,13H2,1-2H3. The smallest absolute Gasteiger partial charge is 0.409 e. The summed E-state index contributed by atoms with van der Waals surface area (Å²) < 4.78 is 5.00. The Bertz CT molecular complexity index is 783. The molecule has 1 aromatic heterocycles. The molecule has 1 aromatic carbocycles. The van der Waals surface area contributed by atoms with Crippen LogP contribution in [0.4, 0.5) is 4.79 Å². The van der Waals surface area contributed by atoms with Gasteiger partial charge in [0, 0.05) is 31.6 Å². The number of carbonyl (C=O) groups is 2. The Morgan fingerprint density at radius 1 is 1.12 bits per heavy atom. The highest BCUT2D eigenvalue weighted by Crippen LogP contribution is 2.17. The number of amides is 2. The number of piperazine rings is 1. The first kappa shape index (κ1) is 17.2. The number of fused-ring (bicyclic) bond motifs is 1. The van der Waals surface area contributed by atoms with Crippen LogP contribution in [0.2, 0.25) is 0 Å². The molecule has 0 N–H and O–H groups in total. The zero-order valence-electron chi connectivity index (χ0n) is 14.7. The molecule has 2 aromatic rings. The lowest BCUT2D eigenvalue weighted by atomic mass is 10.1. The van der Waals surface area contributed by atoms with Crippen LogP contribution in [0, 0.1) is 6.92 Å². The largest absolute Gasteiger partial charge is 0.450 e. The van der Waals surface area contributed by atoms with Crippen molar-refractivity contribution < 1.29 is 14.3 Å². The van der Waals surface area contributed by atoms with Gasteiger partial charge in [-0.3, -0.25) is 9.78 Å².